The Morgan fingerprint density at radius 3 is 2.41 bits per heavy atom. The van der Waals surface area contributed by atoms with Gasteiger partial charge in [-0.3, -0.25) is 9.59 Å². The summed E-state index contributed by atoms with van der Waals surface area (Å²) in [6.07, 6.45) is 11.8. The molecule has 3 aromatic rings. The van der Waals surface area contributed by atoms with Gasteiger partial charge in [0.05, 0.1) is 5.69 Å². The van der Waals surface area contributed by atoms with Crippen LogP contribution in [0.1, 0.15) is 93.0 Å². The molecule has 1 unspecified atom stereocenters. The van der Waals surface area contributed by atoms with E-state index < -0.39 is 5.82 Å². The van der Waals surface area contributed by atoms with Crippen LogP contribution in [-0.4, -0.2) is 30.2 Å². The minimum Gasteiger partial charge on any atom is -0.374 e. The zero-order chi connectivity index (χ0) is 27.4. The fraction of sp³-hybridized carbons (Fsp3) is 0.438. The number of unbranched alkanes of at least 4 members (excludes halogenated alkanes) is 1. The van der Waals surface area contributed by atoms with Gasteiger partial charge >= 0.3 is 0 Å². The van der Waals surface area contributed by atoms with Gasteiger partial charge in [-0.05, 0) is 67.5 Å². The molecule has 1 aliphatic rings. The quantitative estimate of drug-likeness (QED) is 0.239. The van der Waals surface area contributed by atoms with Gasteiger partial charge in [-0.2, -0.15) is 0 Å². The average Bonchev–Trinajstić information content (AvgIpc) is 3.37. The van der Waals surface area contributed by atoms with Gasteiger partial charge in [-0.25, -0.2) is 4.39 Å². The molecule has 4 nitrogen and oxygen atoms in total. The maximum absolute atomic E-state index is 13.7. The lowest BCUT2D eigenvalue weighted by Crippen LogP contribution is -2.26. The van der Waals surface area contributed by atoms with E-state index >= 15 is 0 Å². The fourth-order valence-corrected chi connectivity index (χ4v) is 4.85. The van der Waals surface area contributed by atoms with Crippen LogP contribution in [0.2, 0.25) is 0 Å². The van der Waals surface area contributed by atoms with E-state index in [1.54, 1.807) is 24.0 Å². The van der Waals surface area contributed by atoms with Gasteiger partial charge in [-0.1, -0.05) is 65.2 Å². The van der Waals surface area contributed by atoms with E-state index in [0.29, 0.717) is 23.0 Å². The molecule has 0 fully saturated rings. The molecule has 4 rings (SSSR count). The number of rotatable bonds is 7. The summed E-state index contributed by atoms with van der Waals surface area (Å²) in [7, 11) is 2.24. The first kappa shape index (κ1) is 30.0. The van der Waals surface area contributed by atoms with Crippen LogP contribution in [0.5, 0.6) is 0 Å². The summed E-state index contributed by atoms with van der Waals surface area (Å²) < 4.78 is 15.2. The molecule has 0 bridgehead atoms. The molecule has 0 radical (unpaired) electrons. The smallest absolute Gasteiger partial charge is 0.161 e. The van der Waals surface area contributed by atoms with Gasteiger partial charge in [0, 0.05) is 42.8 Å². The van der Waals surface area contributed by atoms with Gasteiger partial charge in [0.2, 0.25) is 0 Å². The molecule has 0 saturated carbocycles. The number of hydrogen-bond donors (Lipinski definition) is 0. The number of benzene rings is 2. The molecule has 37 heavy (non-hydrogen) atoms. The summed E-state index contributed by atoms with van der Waals surface area (Å²) in [6, 6.07) is 14.8. The molecule has 1 aromatic heterocycles. The minimum atomic E-state index is -0.500. The van der Waals surface area contributed by atoms with Crippen molar-refractivity contribution in [3.05, 3.63) is 83.4 Å². The van der Waals surface area contributed by atoms with Crippen LogP contribution in [-0.2, 0) is 6.42 Å². The number of anilines is 1. The van der Waals surface area contributed by atoms with Crippen molar-refractivity contribution < 1.29 is 14.0 Å². The number of ketones is 1. The second kappa shape index (κ2) is 14.5. The van der Waals surface area contributed by atoms with Crippen molar-refractivity contribution in [2.45, 2.75) is 73.1 Å². The molecule has 2 heterocycles. The first-order valence-corrected chi connectivity index (χ1v) is 13.6. The number of para-hydroxylation sites is 1. The number of fused-ring (bicyclic) bond motifs is 1. The van der Waals surface area contributed by atoms with Crippen molar-refractivity contribution in [1.82, 2.24) is 4.57 Å². The van der Waals surface area contributed by atoms with E-state index in [1.807, 2.05) is 13.8 Å². The number of carbonyl (C=O) groups excluding carboxylic acids is 2. The van der Waals surface area contributed by atoms with Crippen molar-refractivity contribution in [3.63, 3.8) is 0 Å². The normalized spacial score (nSPS) is 16.4. The number of aldehydes is 1. The highest BCUT2D eigenvalue weighted by molar-refractivity contribution is 5.94. The number of hydrogen-bond acceptors (Lipinski definition) is 3. The van der Waals surface area contributed by atoms with Gasteiger partial charge in [0.15, 0.2) is 5.78 Å². The molecular weight excluding hydrogens is 463 g/mol. The molecule has 0 spiro atoms. The van der Waals surface area contributed by atoms with Crippen LogP contribution >= 0.6 is 0 Å². The monoisotopic (exact) mass is 506 g/mol. The Morgan fingerprint density at radius 1 is 1.08 bits per heavy atom. The average molecular weight is 507 g/mol. The third kappa shape index (κ3) is 7.88. The van der Waals surface area contributed by atoms with E-state index in [0.717, 1.165) is 6.07 Å². The van der Waals surface area contributed by atoms with E-state index in [2.05, 4.69) is 50.1 Å². The Hall–Kier alpha value is -3.21. The lowest BCUT2D eigenvalue weighted by Gasteiger charge is -2.32. The second-order valence-electron chi connectivity index (χ2n) is 9.63. The fourth-order valence-electron chi connectivity index (χ4n) is 4.85. The van der Waals surface area contributed by atoms with Crippen LogP contribution in [0.25, 0.3) is 5.69 Å². The van der Waals surface area contributed by atoms with Crippen LogP contribution < -0.4 is 4.90 Å². The number of Topliss-reactive ketones (excluding diaryl/α,β-unsaturated/α-hetero) is 1. The molecular formula is C32H43FN2O2. The molecule has 0 N–H and O–H groups in total. The largest absolute Gasteiger partial charge is 0.374 e. The van der Waals surface area contributed by atoms with Crippen LogP contribution in [0.4, 0.5) is 10.1 Å². The Morgan fingerprint density at radius 2 is 1.81 bits per heavy atom. The summed E-state index contributed by atoms with van der Waals surface area (Å²) in [5, 5.41) is 0. The van der Waals surface area contributed by atoms with Gasteiger partial charge < -0.3 is 9.47 Å². The summed E-state index contributed by atoms with van der Waals surface area (Å²) in [6.45, 7) is 11.3. The van der Waals surface area contributed by atoms with Gasteiger partial charge in [0.1, 0.15) is 12.1 Å². The zero-order valence-electron chi connectivity index (χ0n) is 23.4. The highest BCUT2D eigenvalue weighted by Crippen LogP contribution is 2.41. The maximum atomic E-state index is 13.7. The maximum Gasteiger partial charge on any atom is 0.161 e. The number of nitrogens with zero attached hydrogens (tertiary/aromatic N) is 2. The van der Waals surface area contributed by atoms with Gasteiger partial charge in [0.25, 0.3) is 0 Å². The topological polar surface area (TPSA) is 42.3 Å². The molecule has 1 aliphatic heterocycles. The first-order chi connectivity index (χ1) is 17.8. The van der Waals surface area contributed by atoms with Crippen LogP contribution in [0, 0.1) is 11.2 Å². The Bertz CT molecular complexity index is 1150. The van der Waals surface area contributed by atoms with E-state index in [4.69, 9.17) is 0 Å². The third-order valence-electron chi connectivity index (χ3n) is 7.24. The number of aromatic nitrogens is 1. The summed E-state index contributed by atoms with van der Waals surface area (Å²) in [5.41, 5.74) is 4.65. The predicted molar refractivity (Wildman–Crippen MR) is 153 cm³/mol. The van der Waals surface area contributed by atoms with Crippen LogP contribution in [0.3, 0.4) is 0 Å². The van der Waals surface area contributed by atoms with Crippen molar-refractivity contribution in [3.8, 4) is 5.69 Å². The minimum absolute atomic E-state index is 0.0753. The van der Waals surface area contributed by atoms with E-state index in [-0.39, 0.29) is 11.3 Å². The molecule has 5 heteroatoms. The van der Waals surface area contributed by atoms with E-state index in [1.165, 1.54) is 74.4 Å². The molecule has 0 amide bonds. The lowest BCUT2D eigenvalue weighted by molar-refractivity contribution is 0.101. The summed E-state index contributed by atoms with van der Waals surface area (Å²) >= 11 is 0. The van der Waals surface area contributed by atoms with Crippen molar-refractivity contribution in [1.29, 1.82) is 0 Å². The van der Waals surface area contributed by atoms with Crippen molar-refractivity contribution in [2.24, 2.45) is 5.41 Å². The Labute approximate surface area is 222 Å². The molecule has 0 aliphatic carbocycles. The van der Waals surface area contributed by atoms with Gasteiger partial charge in [-0.15, -0.1) is 0 Å². The molecule has 1 atom stereocenters. The second-order valence-corrected chi connectivity index (χ2v) is 9.63. The highest BCUT2D eigenvalue weighted by Gasteiger charge is 2.31. The van der Waals surface area contributed by atoms with Crippen molar-refractivity contribution in [2.75, 3.05) is 18.5 Å². The number of carbonyl (C=O) groups is 2. The number of halogens is 1. The standard InChI is InChI=1S/C17H27N.C13H10FNO2.C2H6/c1-4-6-11-17(5-2)12-13-18(3)16-10-8-7-9-15(16)14-17;1-9(17)11-4-5-15(7-11)13-3-2-10(8-16)6-12(13)14;1-2/h7-10H,4-6,11-14H2,1-3H3;2-8H,1H3;1-2H3. The molecule has 2 aromatic carbocycles. The third-order valence-corrected chi connectivity index (χ3v) is 7.24. The highest BCUT2D eigenvalue weighted by atomic mass is 19.1. The SMILES string of the molecule is CC.CC(=O)c1ccn(-c2ccc(C=O)cc2F)c1.CCCCC1(CC)CCN(C)c2ccccc2C1. The van der Waals surface area contributed by atoms with Crippen molar-refractivity contribution >= 4 is 17.8 Å². The van der Waals surface area contributed by atoms with Crippen LogP contribution in [0.15, 0.2) is 60.9 Å². The summed E-state index contributed by atoms with van der Waals surface area (Å²) in [5.74, 6) is -0.575. The zero-order valence-corrected chi connectivity index (χ0v) is 23.4. The molecule has 0 saturated heterocycles. The first-order valence-electron chi connectivity index (χ1n) is 13.6. The predicted octanol–water partition coefficient (Wildman–Crippen LogP) is 8.31. The lowest BCUT2D eigenvalue weighted by atomic mass is 9.73. The Kier molecular flexibility index (Phi) is 11.8. The Balaban J connectivity index is 0.000000244. The summed E-state index contributed by atoms with van der Waals surface area (Å²) in [4.78, 5) is 24.0. The molecule has 200 valence electrons. The van der Waals surface area contributed by atoms with E-state index in [9.17, 15) is 14.0 Å².